The van der Waals surface area contributed by atoms with E-state index in [2.05, 4.69) is 53.7 Å². The van der Waals surface area contributed by atoms with Crippen molar-refractivity contribution in [3.63, 3.8) is 0 Å². The zero-order chi connectivity index (χ0) is 63.6. The second-order valence-electron chi connectivity index (χ2n) is 21.5. The summed E-state index contributed by atoms with van der Waals surface area (Å²) in [5.41, 5.74) is 9.61. The Kier molecular flexibility index (Phi) is 17.0. The van der Waals surface area contributed by atoms with Crippen LogP contribution in [0.2, 0.25) is 5.02 Å². The molecule has 0 fully saturated rings. The third-order valence-corrected chi connectivity index (χ3v) is 18.8. The zero-order valence-electron chi connectivity index (χ0n) is 50.2. The number of fused-ring (bicyclic) bond motifs is 3. The van der Waals surface area contributed by atoms with Gasteiger partial charge in [-0.25, -0.2) is 39.9 Å². The van der Waals surface area contributed by atoms with Gasteiger partial charge in [0.15, 0.2) is 34.9 Å². The first-order chi connectivity index (χ1) is 44.8. The normalized spacial score (nSPS) is 11.3. The van der Waals surface area contributed by atoms with Gasteiger partial charge in [-0.1, -0.05) is 135 Å². The molecule has 0 unspecified atom stereocenters. The summed E-state index contributed by atoms with van der Waals surface area (Å²) < 4.78 is 18.1. The fourth-order valence-electron chi connectivity index (χ4n) is 10.4. The lowest BCUT2D eigenvalue weighted by molar-refractivity contribution is 0.261. The summed E-state index contributed by atoms with van der Waals surface area (Å²) >= 11 is 10.8. The number of aromatic nitrogens is 14. The third kappa shape index (κ3) is 12.0. The van der Waals surface area contributed by atoms with Gasteiger partial charge in [-0.2, -0.15) is 0 Å². The number of nitrogens with zero attached hydrogens (tertiary/aromatic N) is 11. The number of H-pyrrole nitrogens is 3. The second kappa shape index (κ2) is 26.0. The van der Waals surface area contributed by atoms with E-state index in [1.54, 1.807) is 44.2 Å². The van der Waals surface area contributed by atoms with Crippen molar-refractivity contribution in [2.75, 3.05) is 13.7 Å². The van der Waals surface area contributed by atoms with Gasteiger partial charge in [0.2, 0.25) is 11.8 Å². The lowest BCUT2D eigenvalue weighted by atomic mass is 10.0. The quantitative estimate of drug-likeness (QED) is 0.0975. The van der Waals surface area contributed by atoms with Crippen molar-refractivity contribution in [2.24, 2.45) is 27.1 Å². The second-order valence-corrected chi connectivity index (χ2v) is 25.0. The summed E-state index contributed by atoms with van der Waals surface area (Å²) in [6.45, 7) is 4.80. The highest BCUT2D eigenvalue weighted by atomic mass is 35.5. The average Bonchev–Trinajstić information content (AvgIpc) is 1.63. The first kappa shape index (κ1) is 60.1. The highest BCUT2D eigenvalue weighted by molar-refractivity contribution is 7.23. The molecule has 0 atom stereocenters. The number of benzene rings is 4. The number of hydrogen-bond donors (Lipinski definition) is 3. The smallest absolute Gasteiger partial charge is 0.269 e. The molecule has 0 bridgehead atoms. The van der Waals surface area contributed by atoms with E-state index in [0.29, 0.717) is 94.9 Å². The molecule has 19 nitrogen and oxygen atoms in total. The summed E-state index contributed by atoms with van der Waals surface area (Å²) in [6.07, 6.45) is 14.0. The maximum absolute atomic E-state index is 13.1. The number of ether oxygens (including phenoxy) is 2. The molecule has 456 valence electrons. The Morgan fingerprint density at radius 2 is 0.826 bits per heavy atom. The summed E-state index contributed by atoms with van der Waals surface area (Å²) in [5, 5.41) is 0.616. The van der Waals surface area contributed by atoms with Crippen molar-refractivity contribution >= 4 is 76.3 Å². The predicted molar refractivity (Wildman–Crippen MR) is 367 cm³/mol. The van der Waals surface area contributed by atoms with Crippen LogP contribution in [0.3, 0.4) is 0 Å². The molecule has 0 amide bonds. The van der Waals surface area contributed by atoms with Crippen molar-refractivity contribution in [3.05, 3.63) is 225 Å². The van der Waals surface area contributed by atoms with E-state index < -0.39 is 0 Å². The SMILES string of the molecule is CC(C)COc1ccc(-c2c(-c3ccccc3)sc3c(=O)[nH]c(-c4nccn4C)nc23)cn1.COc1ccc(-c2c(-c3ccccc3)sc3c(=O)[nH]c(-c4nccn4C)nc23)cn1.Cn1ccnc1-c1nc2c(-c3ccccc3Cl)c(-c3ccccc3)sc2c(=O)[nH]1. The largest absolute Gasteiger partial charge is 0.481 e. The molecule has 11 heterocycles. The van der Waals surface area contributed by atoms with Gasteiger partial charge in [-0.05, 0) is 40.8 Å². The van der Waals surface area contributed by atoms with Crippen LogP contribution in [0.4, 0.5) is 0 Å². The molecule has 0 saturated heterocycles. The molecule has 0 aliphatic rings. The van der Waals surface area contributed by atoms with E-state index in [1.165, 1.54) is 34.0 Å². The fourth-order valence-corrected chi connectivity index (χ4v) is 14.1. The standard InChI is InChI=1S/C25H23N5O2S.C22H15ClN4OS.C22H17N5O2S/c1-15(2)14-32-18-10-9-17(13-27-18)19-20-22(33-21(19)16-7-5-4-6-8-16)25(31)29-23(28-20)24-26-11-12-30(24)3;1-27-12-11-24-21(27)20-25-17-16(14-9-5-6-10-15(14)23)18(13-7-3-2-4-8-13)29-19(17)22(28)26-20;1-27-11-10-23-21(27)20-25-17-16(14-8-9-15(29-2)24-12-14)18(13-6-4-3-5-7-13)30-19(17)22(28)26-20/h4-13,15H,14H2,1-3H3,(H,28,29,31);2-12H,1H3,(H,25,26,28);3-12H,1-2H3,(H,25,26,28). The van der Waals surface area contributed by atoms with Crippen LogP contribution in [-0.2, 0) is 21.1 Å². The molecule has 0 radical (unpaired) electrons. The molecule has 0 spiro atoms. The molecule has 92 heavy (non-hydrogen) atoms. The van der Waals surface area contributed by atoms with Gasteiger partial charge in [0, 0.05) is 136 Å². The summed E-state index contributed by atoms with van der Waals surface area (Å²) in [4.78, 5) is 86.9. The van der Waals surface area contributed by atoms with E-state index in [0.717, 1.165) is 64.7 Å². The maximum atomic E-state index is 13.1. The van der Waals surface area contributed by atoms with Crippen molar-refractivity contribution in [1.82, 2.24) is 68.5 Å². The number of aryl methyl sites for hydroxylation is 3. The Balaban J connectivity index is 0.000000126. The molecular weight excluding hydrogens is 1240 g/mol. The van der Waals surface area contributed by atoms with Gasteiger partial charge < -0.3 is 38.1 Å². The molecule has 15 aromatic rings. The Morgan fingerprint density at radius 3 is 1.17 bits per heavy atom. The van der Waals surface area contributed by atoms with Crippen molar-refractivity contribution in [3.8, 4) is 111 Å². The number of thiophene rings is 3. The Hall–Kier alpha value is -10.8. The maximum Gasteiger partial charge on any atom is 0.269 e. The van der Waals surface area contributed by atoms with Crippen LogP contribution in [0.25, 0.3) is 130 Å². The number of halogens is 1. The number of methoxy groups -OCH3 is 1. The van der Waals surface area contributed by atoms with Crippen LogP contribution in [0.15, 0.2) is 203 Å². The highest BCUT2D eigenvalue weighted by Crippen LogP contribution is 2.47. The number of hydrogen-bond acceptors (Lipinski definition) is 16. The van der Waals surface area contributed by atoms with Crippen LogP contribution >= 0.6 is 45.6 Å². The van der Waals surface area contributed by atoms with E-state index in [1.807, 2.05) is 187 Å². The Bertz CT molecular complexity index is 5320. The number of pyridine rings is 2. The Morgan fingerprint density at radius 1 is 0.457 bits per heavy atom. The first-order valence-electron chi connectivity index (χ1n) is 28.9. The van der Waals surface area contributed by atoms with E-state index >= 15 is 0 Å². The molecule has 0 aliphatic heterocycles. The molecule has 0 aliphatic carbocycles. The van der Waals surface area contributed by atoms with Crippen LogP contribution in [0.5, 0.6) is 11.8 Å². The molecule has 4 aromatic carbocycles. The summed E-state index contributed by atoms with van der Waals surface area (Å²) in [7, 11) is 7.18. The van der Waals surface area contributed by atoms with E-state index in [-0.39, 0.29) is 16.7 Å². The minimum atomic E-state index is -0.187. The monoisotopic (exact) mass is 1290 g/mol. The van der Waals surface area contributed by atoms with Crippen LogP contribution in [-0.4, -0.2) is 82.2 Å². The van der Waals surface area contributed by atoms with Gasteiger partial charge >= 0.3 is 0 Å². The number of imidazole rings is 3. The molecule has 23 heteroatoms. The van der Waals surface area contributed by atoms with Gasteiger partial charge in [-0.15, -0.1) is 34.0 Å². The van der Waals surface area contributed by atoms with Gasteiger partial charge in [0.1, 0.15) is 14.1 Å². The lowest BCUT2D eigenvalue weighted by Gasteiger charge is -2.09. The van der Waals surface area contributed by atoms with Gasteiger partial charge in [0.05, 0.1) is 30.3 Å². The van der Waals surface area contributed by atoms with Crippen molar-refractivity contribution in [1.29, 1.82) is 0 Å². The fraction of sp³-hybridized carbons (Fsp3) is 0.116. The number of nitrogens with one attached hydrogen (secondary N) is 3. The van der Waals surface area contributed by atoms with E-state index in [9.17, 15) is 14.4 Å². The zero-order valence-corrected chi connectivity index (χ0v) is 53.5. The van der Waals surface area contributed by atoms with Crippen LogP contribution in [0.1, 0.15) is 13.8 Å². The minimum absolute atomic E-state index is 0.184. The number of rotatable bonds is 13. The average molecular weight is 1290 g/mol. The molecule has 11 aromatic heterocycles. The van der Waals surface area contributed by atoms with Gasteiger partial charge in [-0.3, -0.25) is 14.4 Å². The number of aromatic amines is 3. The lowest BCUT2D eigenvalue weighted by Crippen LogP contribution is -2.09. The van der Waals surface area contributed by atoms with Gasteiger partial charge in [0.25, 0.3) is 16.7 Å². The summed E-state index contributed by atoms with van der Waals surface area (Å²) in [5.74, 6) is 4.61. The molecule has 3 N–H and O–H groups in total. The third-order valence-electron chi connectivity index (χ3n) is 14.8. The Labute approximate surface area is 542 Å². The highest BCUT2D eigenvalue weighted by Gasteiger charge is 2.26. The summed E-state index contributed by atoms with van der Waals surface area (Å²) in [6, 6.07) is 45.2. The van der Waals surface area contributed by atoms with Crippen molar-refractivity contribution in [2.45, 2.75) is 13.8 Å². The topological polar surface area (TPSA) is 235 Å². The van der Waals surface area contributed by atoms with Crippen LogP contribution in [0, 0.1) is 5.92 Å². The van der Waals surface area contributed by atoms with E-state index in [4.69, 9.17) is 36.0 Å². The van der Waals surface area contributed by atoms with Crippen LogP contribution < -0.4 is 26.2 Å². The molecule has 15 rings (SSSR count). The molecular formula is C69H55ClN14O5S3. The predicted octanol–water partition coefficient (Wildman–Crippen LogP) is 14.6. The molecule has 0 saturated carbocycles. The minimum Gasteiger partial charge on any atom is -0.481 e. The first-order valence-corrected chi connectivity index (χ1v) is 31.8. The van der Waals surface area contributed by atoms with Crippen molar-refractivity contribution < 1.29 is 9.47 Å².